The van der Waals surface area contributed by atoms with Gasteiger partial charge in [-0.2, -0.15) is 0 Å². The highest BCUT2D eigenvalue weighted by Crippen LogP contribution is 2.20. The molecule has 0 heterocycles. The molecule has 0 aromatic heterocycles. The molecule has 0 radical (unpaired) electrons. The van der Waals surface area contributed by atoms with Crippen molar-refractivity contribution in [2.24, 2.45) is 0 Å². The molecule has 0 aliphatic rings. The maximum atomic E-state index is 12.3. The van der Waals surface area contributed by atoms with Crippen molar-refractivity contribution in [2.45, 2.75) is 13.8 Å². The summed E-state index contributed by atoms with van der Waals surface area (Å²) in [6.07, 6.45) is 0. The number of benzene rings is 2. The Morgan fingerprint density at radius 1 is 1.10 bits per heavy atom. The first-order valence-corrected chi connectivity index (χ1v) is 6.59. The Morgan fingerprint density at radius 2 is 1.85 bits per heavy atom. The van der Waals surface area contributed by atoms with E-state index >= 15 is 0 Å². The average molecular weight is 269 g/mol. The summed E-state index contributed by atoms with van der Waals surface area (Å²) in [4.78, 5) is 12.3. The maximum Gasteiger partial charge on any atom is 0.185 e. The predicted molar refractivity (Wildman–Crippen MR) is 81.7 cm³/mol. The van der Waals surface area contributed by atoms with Gasteiger partial charge in [0.1, 0.15) is 5.75 Å². The average Bonchev–Trinajstić information content (AvgIpc) is 2.48. The number of methoxy groups -OCH3 is 1. The molecule has 3 nitrogen and oxygen atoms in total. The van der Waals surface area contributed by atoms with Crippen molar-refractivity contribution < 1.29 is 9.53 Å². The molecule has 0 atom stereocenters. The second-order valence-electron chi connectivity index (χ2n) is 4.72. The smallest absolute Gasteiger partial charge is 0.185 e. The van der Waals surface area contributed by atoms with E-state index in [2.05, 4.69) is 18.3 Å². The lowest BCUT2D eigenvalue weighted by molar-refractivity contribution is 0.100. The zero-order chi connectivity index (χ0) is 14.5. The third kappa shape index (κ3) is 2.99. The molecule has 0 aliphatic carbocycles. The van der Waals surface area contributed by atoms with E-state index in [-0.39, 0.29) is 12.3 Å². The van der Waals surface area contributed by atoms with Crippen LogP contribution in [0, 0.1) is 13.8 Å². The Hall–Kier alpha value is -2.29. The quantitative estimate of drug-likeness (QED) is 0.843. The van der Waals surface area contributed by atoms with Crippen LogP contribution in [0.25, 0.3) is 0 Å². The van der Waals surface area contributed by atoms with Crippen LogP contribution in [-0.2, 0) is 0 Å². The monoisotopic (exact) mass is 269 g/mol. The highest BCUT2D eigenvalue weighted by Gasteiger charge is 2.11. The van der Waals surface area contributed by atoms with Crippen molar-refractivity contribution in [1.29, 1.82) is 0 Å². The fraction of sp³-hybridized carbons (Fsp3) is 0.235. The molecule has 2 rings (SSSR count). The summed E-state index contributed by atoms with van der Waals surface area (Å²) in [5, 5.41) is 3.20. The van der Waals surface area contributed by atoms with Gasteiger partial charge in [-0.05, 0) is 43.2 Å². The van der Waals surface area contributed by atoms with Crippen molar-refractivity contribution in [3.8, 4) is 5.75 Å². The molecular formula is C17H19NO2. The highest BCUT2D eigenvalue weighted by molar-refractivity contribution is 6.01. The van der Waals surface area contributed by atoms with Crippen LogP contribution in [0.2, 0.25) is 0 Å². The third-order valence-corrected chi connectivity index (χ3v) is 3.45. The number of hydrogen-bond donors (Lipinski definition) is 1. The number of anilines is 1. The number of nitrogens with one attached hydrogen (secondary N) is 1. The van der Waals surface area contributed by atoms with E-state index in [9.17, 15) is 4.79 Å². The number of ether oxygens (including phenoxy) is 1. The summed E-state index contributed by atoms with van der Waals surface area (Å²) >= 11 is 0. The SMILES string of the molecule is COc1ccccc1C(=O)CNc1cccc(C)c1C. The van der Waals surface area contributed by atoms with Gasteiger partial charge in [0, 0.05) is 5.69 Å². The molecule has 0 amide bonds. The van der Waals surface area contributed by atoms with Gasteiger partial charge >= 0.3 is 0 Å². The van der Waals surface area contributed by atoms with Crippen molar-refractivity contribution in [3.05, 3.63) is 59.2 Å². The molecule has 0 saturated carbocycles. The number of para-hydroxylation sites is 1. The lowest BCUT2D eigenvalue weighted by Gasteiger charge is -2.12. The van der Waals surface area contributed by atoms with Gasteiger partial charge in [0.05, 0.1) is 19.2 Å². The summed E-state index contributed by atoms with van der Waals surface area (Å²) in [6.45, 7) is 4.36. The van der Waals surface area contributed by atoms with Gasteiger partial charge in [0.2, 0.25) is 0 Å². The van der Waals surface area contributed by atoms with Gasteiger partial charge in [-0.3, -0.25) is 4.79 Å². The summed E-state index contributed by atoms with van der Waals surface area (Å²) < 4.78 is 5.21. The summed E-state index contributed by atoms with van der Waals surface area (Å²) in [6, 6.07) is 13.3. The van der Waals surface area contributed by atoms with Gasteiger partial charge in [0.15, 0.2) is 5.78 Å². The van der Waals surface area contributed by atoms with Crippen LogP contribution in [-0.4, -0.2) is 19.4 Å². The van der Waals surface area contributed by atoms with Crippen LogP contribution < -0.4 is 10.1 Å². The Balaban J connectivity index is 2.11. The molecule has 2 aromatic carbocycles. The van der Waals surface area contributed by atoms with Crippen LogP contribution in [0.4, 0.5) is 5.69 Å². The van der Waals surface area contributed by atoms with Gasteiger partial charge in [-0.1, -0.05) is 24.3 Å². The molecule has 0 aliphatic heterocycles. The minimum absolute atomic E-state index is 0.0170. The lowest BCUT2D eigenvalue weighted by atomic mass is 10.1. The zero-order valence-corrected chi connectivity index (χ0v) is 12.1. The van der Waals surface area contributed by atoms with Gasteiger partial charge in [-0.25, -0.2) is 0 Å². The molecule has 0 spiro atoms. The third-order valence-electron chi connectivity index (χ3n) is 3.45. The molecular weight excluding hydrogens is 250 g/mol. The molecule has 104 valence electrons. The van der Waals surface area contributed by atoms with E-state index in [1.807, 2.05) is 31.2 Å². The standard InChI is InChI=1S/C17H19NO2/c1-12-7-6-9-15(13(12)2)18-11-16(19)14-8-4-5-10-17(14)20-3/h4-10,18H,11H2,1-3H3. The van der Waals surface area contributed by atoms with Crippen molar-refractivity contribution in [2.75, 3.05) is 19.0 Å². The number of carbonyl (C=O) groups is 1. The number of hydrogen-bond acceptors (Lipinski definition) is 3. The van der Waals surface area contributed by atoms with Crippen molar-refractivity contribution in [3.63, 3.8) is 0 Å². The Morgan fingerprint density at radius 3 is 2.60 bits per heavy atom. The van der Waals surface area contributed by atoms with Crippen molar-refractivity contribution >= 4 is 11.5 Å². The first-order chi connectivity index (χ1) is 9.63. The van der Waals surface area contributed by atoms with Crippen LogP contribution >= 0.6 is 0 Å². The van der Waals surface area contributed by atoms with E-state index in [1.54, 1.807) is 19.2 Å². The minimum Gasteiger partial charge on any atom is -0.496 e. The topological polar surface area (TPSA) is 38.3 Å². The Kier molecular flexibility index (Phi) is 4.41. The molecule has 20 heavy (non-hydrogen) atoms. The van der Waals surface area contributed by atoms with Crippen LogP contribution in [0.1, 0.15) is 21.5 Å². The van der Waals surface area contributed by atoms with Crippen LogP contribution in [0.15, 0.2) is 42.5 Å². The van der Waals surface area contributed by atoms with Crippen LogP contribution in [0.5, 0.6) is 5.75 Å². The van der Waals surface area contributed by atoms with E-state index in [1.165, 1.54) is 11.1 Å². The maximum absolute atomic E-state index is 12.3. The van der Waals surface area contributed by atoms with Crippen molar-refractivity contribution in [1.82, 2.24) is 0 Å². The zero-order valence-electron chi connectivity index (χ0n) is 12.1. The highest BCUT2D eigenvalue weighted by atomic mass is 16.5. The van der Waals surface area contributed by atoms with E-state index in [0.29, 0.717) is 11.3 Å². The molecule has 3 heteroatoms. The second kappa shape index (κ2) is 6.24. The largest absolute Gasteiger partial charge is 0.496 e. The Bertz CT molecular complexity index is 620. The fourth-order valence-corrected chi connectivity index (χ4v) is 2.09. The first-order valence-electron chi connectivity index (χ1n) is 6.59. The van der Waals surface area contributed by atoms with Gasteiger partial charge in [-0.15, -0.1) is 0 Å². The van der Waals surface area contributed by atoms with E-state index in [4.69, 9.17) is 4.74 Å². The Labute approximate surface area is 119 Å². The summed E-state index contributed by atoms with van der Waals surface area (Å²) in [5.41, 5.74) is 3.97. The minimum atomic E-state index is 0.0170. The summed E-state index contributed by atoms with van der Waals surface area (Å²) in [5.74, 6) is 0.628. The molecule has 0 saturated heterocycles. The number of carbonyl (C=O) groups excluding carboxylic acids is 1. The number of rotatable bonds is 5. The first kappa shape index (κ1) is 14.1. The molecule has 2 aromatic rings. The molecule has 0 unspecified atom stereocenters. The number of Topliss-reactive ketones (excluding diaryl/α,β-unsaturated/α-hetero) is 1. The van der Waals surface area contributed by atoms with Crippen LogP contribution in [0.3, 0.4) is 0 Å². The number of ketones is 1. The summed E-state index contributed by atoms with van der Waals surface area (Å²) in [7, 11) is 1.57. The number of aryl methyl sites for hydroxylation is 1. The van der Waals surface area contributed by atoms with E-state index < -0.39 is 0 Å². The normalized spacial score (nSPS) is 10.2. The molecule has 0 fully saturated rings. The fourth-order valence-electron chi connectivity index (χ4n) is 2.09. The molecule has 0 bridgehead atoms. The van der Waals surface area contributed by atoms with Gasteiger partial charge in [0.25, 0.3) is 0 Å². The van der Waals surface area contributed by atoms with Gasteiger partial charge < -0.3 is 10.1 Å². The lowest BCUT2D eigenvalue weighted by Crippen LogP contribution is -2.15. The van der Waals surface area contributed by atoms with E-state index in [0.717, 1.165) is 5.69 Å². The second-order valence-corrected chi connectivity index (χ2v) is 4.72. The predicted octanol–water partition coefficient (Wildman–Crippen LogP) is 3.61. The molecule has 1 N–H and O–H groups in total.